The number of pyridine rings is 1. The molecule has 0 radical (unpaired) electrons. The Morgan fingerprint density at radius 1 is 1.15 bits per heavy atom. The van der Waals surface area contributed by atoms with Crippen LogP contribution in [0, 0.1) is 0 Å². The first-order valence-corrected chi connectivity index (χ1v) is 7.13. The lowest BCUT2D eigenvalue weighted by molar-refractivity contribution is 0.314. The molecule has 20 heavy (non-hydrogen) atoms. The second-order valence-electron chi connectivity index (χ2n) is 5.26. The van der Waals surface area contributed by atoms with Crippen LogP contribution in [0.3, 0.4) is 0 Å². The summed E-state index contributed by atoms with van der Waals surface area (Å²) in [7, 11) is 2.14. The van der Waals surface area contributed by atoms with Gasteiger partial charge >= 0.3 is 0 Å². The fourth-order valence-corrected chi connectivity index (χ4v) is 2.33. The standard InChI is InChI=1S/C17H23N3/c1-20(14-15-7-5-11-19-13-15)12-6-10-17(18)16-8-3-2-4-9-16/h2-5,7-9,11,13,17H,6,10,12,14,18H2,1H3. The summed E-state index contributed by atoms with van der Waals surface area (Å²) in [5.41, 5.74) is 8.68. The van der Waals surface area contributed by atoms with Gasteiger partial charge in [-0.15, -0.1) is 0 Å². The zero-order valence-electron chi connectivity index (χ0n) is 12.1. The van der Waals surface area contributed by atoms with Crippen molar-refractivity contribution in [1.82, 2.24) is 9.88 Å². The maximum Gasteiger partial charge on any atom is 0.0312 e. The summed E-state index contributed by atoms with van der Waals surface area (Å²) in [6, 6.07) is 14.6. The summed E-state index contributed by atoms with van der Waals surface area (Å²) < 4.78 is 0. The molecule has 0 saturated heterocycles. The normalized spacial score (nSPS) is 12.6. The average molecular weight is 269 g/mol. The Labute approximate surface area is 121 Å². The Morgan fingerprint density at radius 2 is 1.95 bits per heavy atom. The third-order valence-electron chi connectivity index (χ3n) is 3.46. The fraction of sp³-hybridized carbons (Fsp3) is 0.353. The molecule has 0 amide bonds. The molecule has 0 spiro atoms. The maximum absolute atomic E-state index is 6.21. The smallest absolute Gasteiger partial charge is 0.0312 e. The van der Waals surface area contributed by atoms with Gasteiger partial charge in [0, 0.05) is 25.0 Å². The molecule has 0 fully saturated rings. The van der Waals surface area contributed by atoms with Crippen molar-refractivity contribution in [2.45, 2.75) is 25.4 Å². The van der Waals surface area contributed by atoms with E-state index in [1.807, 2.05) is 36.7 Å². The van der Waals surface area contributed by atoms with Crippen molar-refractivity contribution in [3.05, 3.63) is 66.0 Å². The van der Waals surface area contributed by atoms with Crippen LogP contribution < -0.4 is 5.73 Å². The van der Waals surface area contributed by atoms with Gasteiger partial charge in [0.2, 0.25) is 0 Å². The van der Waals surface area contributed by atoms with Gasteiger partial charge in [-0.1, -0.05) is 36.4 Å². The minimum atomic E-state index is 0.142. The van der Waals surface area contributed by atoms with E-state index in [0.29, 0.717) is 0 Å². The third kappa shape index (κ3) is 4.76. The van der Waals surface area contributed by atoms with Crippen LogP contribution in [0.25, 0.3) is 0 Å². The van der Waals surface area contributed by atoms with Crippen molar-refractivity contribution in [1.29, 1.82) is 0 Å². The highest BCUT2D eigenvalue weighted by Crippen LogP contribution is 2.15. The quantitative estimate of drug-likeness (QED) is 0.840. The topological polar surface area (TPSA) is 42.1 Å². The molecular weight excluding hydrogens is 246 g/mol. The van der Waals surface area contributed by atoms with Crippen molar-refractivity contribution in [2.75, 3.05) is 13.6 Å². The molecule has 1 heterocycles. The summed E-state index contributed by atoms with van der Waals surface area (Å²) in [6.07, 6.45) is 5.85. The second-order valence-corrected chi connectivity index (χ2v) is 5.26. The largest absolute Gasteiger partial charge is 0.324 e. The van der Waals surface area contributed by atoms with E-state index in [1.54, 1.807) is 0 Å². The molecule has 3 heteroatoms. The Bertz CT molecular complexity index is 484. The van der Waals surface area contributed by atoms with Crippen LogP contribution >= 0.6 is 0 Å². The van der Waals surface area contributed by atoms with E-state index < -0.39 is 0 Å². The number of nitrogens with zero attached hydrogens (tertiary/aromatic N) is 2. The van der Waals surface area contributed by atoms with Crippen LogP contribution in [0.15, 0.2) is 54.9 Å². The molecule has 0 aliphatic rings. The van der Waals surface area contributed by atoms with Gasteiger partial charge in [-0.05, 0) is 43.6 Å². The molecule has 1 unspecified atom stereocenters. The number of hydrogen-bond acceptors (Lipinski definition) is 3. The van der Waals surface area contributed by atoms with Gasteiger partial charge in [-0.25, -0.2) is 0 Å². The highest BCUT2D eigenvalue weighted by atomic mass is 15.1. The van der Waals surface area contributed by atoms with Crippen molar-refractivity contribution in [3.8, 4) is 0 Å². The van der Waals surface area contributed by atoms with E-state index in [4.69, 9.17) is 5.73 Å². The first kappa shape index (κ1) is 14.7. The van der Waals surface area contributed by atoms with E-state index in [9.17, 15) is 0 Å². The fourth-order valence-electron chi connectivity index (χ4n) is 2.33. The number of nitrogens with two attached hydrogens (primary N) is 1. The zero-order valence-corrected chi connectivity index (χ0v) is 12.1. The first-order valence-electron chi connectivity index (χ1n) is 7.13. The molecule has 2 N–H and O–H groups in total. The van der Waals surface area contributed by atoms with Gasteiger partial charge in [-0.2, -0.15) is 0 Å². The number of hydrogen-bond donors (Lipinski definition) is 1. The minimum Gasteiger partial charge on any atom is -0.324 e. The van der Waals surface area contributed by atoms with Gasteiger partial charge in [0.1, 0.15) is 0 Å². The van der Waals surface area contributed by atoms with Crippen molar-refractivity contribution >= 4 is 0 Å². The first-order chi connectivity index (χ1) is 9.75. The molecule has 2 rings (SSSR count). The molecule has 0 bridgehead atoms. The van der Waals surface area contributed by atoms with Crippen LogP contribution in [-0.2, 0) is 6.54 Å². The molecule has 0 aliphatic heterocycles. The van der Waals surface area contributed by atoms with Gasteiger partial charge < -0.3 is 10.6 Å². The highest BCUT2D eigenvalue weighted by Gasteiger charge is 2.06. The molecule has 106 valence electrons. The molecule has 3 nitrogen and oxygen atoms in total. The van der Waals surface area contributed by atoms with Crippen LogP contribution in [0.2, 0.25) is 0 Å². The van der Waals surface area contributed by atoms with Gasteiger partial charge in [0.25, 0.3) is 0 Å². The summed E-state index contributed by atoms with van der Waals surface area (Å²) in [5.74, 6) is 0. The Hall–Kier alpha value is -1.71. The van der Waals surface area contributed by atoms with E-state index >= 15 is 0 Å². The monoisotopic (exact) mass is 269 g/mol. The Kier molecular flexibility index (Phi) is 5.71. The molecular formula is C17H23N3. The predicted molar refractivity (Wildman–Crippen MR) is 83.2 cm³/mol. The van der Waals surface area contributed by atoms with Gasteiger partial charge in [0.15, 0.2) is 0 Å². The van der Waals surface area contributed by atoms with Crippen molar-refractivity contribution in [3.63, 3.8) is 0 Å². The summed E-state index contributed by atoms with van der Waals surface area (Å²) in [6.45, 7) is 1.99. The van der Waals surface area contributed by atoms with E-state index in [2.05, 4.69) is 35.1 Å². The lowest BCUT2D eigenvalue weighted by Gasteiger charge is -2.18. The van der Waals surface area contributed by atoms with Crippen LogP contribution in [0.4, 0.5) is 0 Å². The van der Waals surface area contributed by atoms with E-state index in [0.717, 1.165) is 25.9 Å². The summed E-state index contributed by atoms with van der Waals surface area (Å²) >= 11 is 0. The third-order valence-corrected chi connectivity index (χ3v) is 3.46. The SMILES string of the molecule is CN(CCCC(N)c1ccccc1)Cc1cccnc1. The molecule has 2 aromatic rings. The van der Waals surface area contributed by atoms with Crippen LogP contribution in [-0.4, -0.2) is 23.5 Å². The lowest BCUT2D eigenvalue weighted by Crippen LogP contribution is -2.20. The summed E-state index contributed by atoms with van der Waals surface area (Å²) in [5, 5.41) is 0. The minimum absolute atomic E-state index is 0.142. The average Bonchev–Trinajstić information content (AvgIpc) is 2.49. The maximum atomic E-state index is 6.21. The zero-order chi connectivity index (χ0) is 14.2. The summed E-state index contributed by atoms with van der Waals surface area (Å²) in [4.78, 5) is 6.45. The number of rotatable bonds is 7. The van der Waals surface area contributed by atoms with E-state index in [-0.39, 0.29) is 6.04 Å². The molecule has 0 aliphatic carbocycles. The molecule has 1 aromatic heterocycles. The van der Waals surface area contributed by atoms with Crippen molar-refractivity contribution < 1.29 is 0 Å². The number of benzene rings is 1. The second kappa shape index (κ2) is 7.78. The van der Waals surface area contributed by atoms with E-state index in [1.165, 1.54) is 11.1 Å². The molecule has 0 saturated carbocycles. The predicted octanol–water partition coefficient (Wildman–Crippen LogP) is 2.99. The molecule has 1 aromatic carbocycles. The van der Waals surface area contributed by atoms with Crippen LogP contribution in [0.5, 0.6) is 0 Å². The highest BCUT2D eigenvalue weighted by molar-refractivity contribution is 5.18. The Morgan fingerprint density at radius 3 is 2.65 bits per heavy atom. The van der Waals surface area contributed by atoms with Gasteiger partial charge in [0.05, 0.1) is 0 Å². The lowest BCUT2D eigenvalue weighted by atomic mass is 10.0. The Balaban J connectivity index is 1.70. The number of aromatic nitrogens is 1. The van der Waals surface area contributed by atoms with Crippen molar-refractivity contribution in [2.24, 2.45) is 5.73 Å². The molecule has 1 atom stereocenters. The van der Waals surface area contributed by atoms with Gasteiger partial charge in [-0.3, -0.25) is 4.98 Å². The van der Waals surface area contributed by atoms with Crippen LogP contribution in [0.1, 0.15) is 30.0 Å².